The number of benzene rings is 1. The molecule has 0 spiro atoms. The average Bonchev–Trinajstić information content (AvgIpc) is 2.30. The van der Waals surface area contributed by atoms with Crippen LogP contribution in [-0.4, -0.2) is 24.8 Å². The third-order valence-corrected chi connectivity index (χ3v) is 4.07. The van der Waals surface area contributed by atoms with Crippen LogP contribution in [0.3, 0.4) is 0 Å². The first-order valence-corrected chi connectivity index (χ1v) is 6.42. The van der Waals surface area contributed by atoms with E-state index in [1.165, 1.54) is 0 Å². The number of rotatable bonds is 2. The van der Waals surface area contributed by atoms with E-state index in [2.05, 4.69) is 0 Å². The van der Waals surface area contributed by atoms with Gasteiger partial charge < -0.3 is 0 Å². The maximum atomic E-state index is 12.4. The summed E-state index contributed by atoms with van der Waals surface area (Å²) in [4.78, 5) is 14.4. The highest BCUT2D eigenvalue weighted by Gasteiger charge is 2.44. The minimum Gasteiger partial charge on any atom is -0.297 e. The summed E-state index contributed by atoms with van der Waals surface area (Å²) in [6.45, 7) is 0. The summed E-state index contributed by atoms with van der Waals surface area (Å²) in [7, 11) is 3.93. The van der Waals surface area contributed by atoms with E-state index in [4.69, 9.17) is 11.6 Å². The molecule has 1 aliphatic carbocycles. The summed E-state index contributed by atoms with van der Waals surface area (Å²) in [6, 6.07) is 7.70. The Hall–Kier alpha value is -0.570. The van der Waals surface area contributed by atoms with Crippen molar-refractivity contribution in [3.8, 4) is 0 Å². The van der Waals surface area contributed by atoms with Gasteiger partial charge in [-0.3, -0.25) is 9.69 Å². The quantitative estimate of drug-likeness (QED) is 0.827. The fraction of sp³-hybridized carbons (Fsp3) is 0.500. The van der Waals surface area contributed by atoms with Gasteiger partial charge in [-0.1, -0.05) is 36.2 Å². The third kappa shape index (κ3) is 2.42. The SMILES string of the molecule is CN(C)C1(c2ccccc2Cl)CCCCC1=O.Cl. The summed E-state index contributed by atoms with van der Waals surface area (Å²) in [5.74, 6) is 0.293. The predicted molar refractivity (Wildman–Crippen MR) is 77.5 cm³/mol. The van der Waals surface area contributed by atoms with Gasteiger partial charge in [0.15, 0.2) is 5.78 Å². The van der Waals surface area contributed by atoms with Crippen LogP contribution in [0.4, 0.5) is 0 Å². The summed E-state index contributed by atoms with van der Waals surface area (Å²) in [5, 5.41) is 0.691. The van der Waals surface area contributed by atoms with Crippen LogP contribution < -0.4 is 0 Å². The predicted octanol–water partition coefficient (Wildman–Crippen LogP) is 3.66. The van der Waals surface area contributed by atoms with E-state index in [-0.39, 0.29) is 12.4 Å². The van der Waals surface area contributed by atoms with Gasteiger partial charge in [0.05, 0.1) is 0 Å². The highest BCUT2D eigenvalue weighted by atomic mass is 35.5. The van der Waals surface area contributed by atoms with Crippen molar-refractivity contribution < 1.29 is 4.79 Å². The number of likely N-dealkylation sites (N-methyl/N-ethyl adjacent to an activating group) is 1. The fourth-order valence-electron chi connectivity index (χ4n) is 2.81. The van der Waals surface area contributed by atoms with Gasteiger partial charge in [-0.05, 0) is 38.6 Å². The van der Waals surface area contributed by atoms with Crippen LogP contribution >= 0.6 is 24.0 Å². The molecule has 0 amide bonds. The number of ketones is 1. The molecule has 1 atom stereocenters. The second-order valence-corrected chi connectivity index (χ2v) is 5.27. The molecule has 2 rings (SSSR count). The Labute approximate surface area is 120 Å². The zero-order chi connectivity index (χ0) is 12.5. The van der Waals surface area contributed by atoms with Crippen LogP contribution in [0.25, 0.3) is 0 Å². The molecule has 2 nitrogen and oxygen atoms in total. The van der Waals surface area contributed by atoms with Crippen molar-refractivity contribution in [2.24, 2.45) is 0 Å². The molecule has 1 saturated carbocycles. The van der Waals surface area contributed by atoms with E-state index in [9.17, 15) is 4.79 Å². The Morgan fingerprint density at radius 2 is 1.89 bits per heavy atom. The van der Waals surface area contributed by atoms with E-state index in [1.807, 2.05) is 43.3 Å². The largest absolute Gasteiger partial charge is 0.297 e. The molecule has 0 heterocycles. The highest BCUT2D eigenvalue weighted by molar-refractivity contribution is 6.31. The number of hydrogen-bond donors (Lipinski definition) is 0. The van der Waals surface area contributed by atoms with Crippen LogP contribution in [0.2, 0.25) is 5.02 Å². The molecule has 4 heteroatoms. The minimum absolute atomic E-state index is 0. The molecule has 0 radical (unpaired) electrons. The summed E-state index contributed by atoms with van der Waals surface area (Å²) >= 11 is 6.28. The van der Waals surface area contributed by atoms with E-state index in [0.717, 1.165) is 24.8 Å². The molecular formula is C14H19Cl2NO. The summed E-state index contributed by atoms with van der Waals surface area (Å²) < 4.78 is 0. The molecule has 1 aliphatic rings. The molecule has 0 saturated heterocycles. The van der Waals surface area contributed by atoms with Crippen molar-refractivity contribution in [1.29, 1.82) is 0 Å². The zero-order valence-corrected chi connectivity index (χ0v) is 12.4. The molecule has 1 fully saturated rings. The average molecular weight is 288 g/mol. The van der Waals surface area contributed by atoms with Gasteiger partial charge in [-0.25, -0.2) is 0 Å². The summed E-state index contributed by atoms with van der Waals surface area (Å²) in [5.41, 5.74) is 0.438. The second-order valence-electron chi connectivity index (χ2n) is 4.86. The van der Waals surface area contributed by atoms with Gasteiger partial charge in [0.2, 0.25) is 0 Å². The lowest BCUT2D eigenvalue weighted by molar-refractivity contribution is -0.133. The lowest BCUT2D eigenvalue weighted by Crippen LogP contribution is -2.50. The molecule has 0 bridgehead atoms. The standard InChI is InChI=1S/C14H18ClNO.ClH/c1-16(2)14(10-6-5-9-13(14)17)11-7-3-4-8-12(11)15;/h3-4,7-8H,5-6,9-10H2,1-2H3;1H. The molecular weight excluding hydrogens is 269 g/mol. The van der Waals surface area contributed by atoms with Gasteiger partial charge in [0.1, 0.15) is 5.54 Å². The first-order valence-electron chi connectivity index (χ1n) is 6.05. The first kappa shape index (κ1) is 15.5. The van der Waals surface area contributed by atoms with Gasteiger partial charge >= 0.3 is 0 Å². The minimum atomic E-state index is -0.517. The molecule has 1 aromatic carbocycles. The topological polar surface area (TPSA) is 20.3 Å². The van der Waals surface area contributed by atoms with Gasteiger partial charge in [0.25, 0.3) is 0 Å². The lowest BCUT2D eigenvalue weighted by atomic mass is 9.74. The van der Waals surface area contributed by atoms with Crippen LogP contribution in [0, 0.1) is 0 Å². The van der Waals surface area contributed by atoms with E-state index >= 15 is 0 Å². The van der Waals surface area contributed by atoms with Crippen LogP contribution in [0.5, 0.6) is 0 Å². The van der Waals surface area contributed by atoms with Crippen molar-refractivity contribution in [2.45, 2.75) is 31.2 Å². The maximum Gasteiger partial charge on any atom is 0.157 e. The van der Waals surface area contributed by atoms with E-state index < -0.39 is 5.54 Å². The maximum absolute atomic E-state index is 12.4. The molecule has 1 unspecified atom stereocenters. The van der Waals surface area contributed by atoms with E-state index in [1.54, 1.807) is 0 Å². The molecule has 100 valence electrons. The number of hydrogen-bond acceptors (Lipinski definition) is 2. The first-order chi connectivity index (χ1) is 8.09. The van der Waals surface area contributed by atoms with Crippen molar-refractivity contribution in [3.05, 3.63) is 34.9 Å². The molecule has 1 aromatic rings. The van der Waals surface area contributed by atoms with Crippen molar-refractivity contribution in [3.63, 3.8) is 0 Å². The number of Topliss-reactive ketones (excluding diaryl/α,β-unsaturated/α-hetero) is 1. The number of nitrogens with zero attached hydrogens (tertiary/aromatic N) is 1. The molecule has 18 heavy (non-hydrogen) atoms. The number of halogens is 2. The van der Waals surface area contributed by atoms with Gasteiger partial charge in [-0.2, -0.15) is 0 Å². The molecule has 0 aromatic heterocycles. The Bertz CT molecular complexity index is 434. The monoisotopic (exact) mass is 287 g/mol. The van der Waals surface area contributed by atoms with Gasteiger partial charge in [0, 0.05) is 11.4 Å². The van der Waals surface area contributed by atoms with Crippen LogP contribution in [0.15, 0.2) is 24.3 Å². The lowest BCUT2D eigenvalue weighted by Gasteiger charge is -2.42. The number of carbonyl (C=O) groups is 1. The summed E-state index contributed by atoms with van der Waals surface area (Å²) in [6.07, 6.45) is 3.60. The Balaban J connectivity index is 0.00000162. The number of carbonyl (C=O) groups excluding carboxylic acids is 1. The highest BCUT2D eigenvalue weighted by Crippen LogP contribution is 2.41. The van der Waals surface area contributed by atoms with Crippen LogP contribution in [-0.2, 0) is 10.3 Å². The molecule has 0 N–H and O–H groups in total. The van der Waals surface area contributed by atoms with Crippen molar-refractivity contribution in [2.75, 3.05) is 14.1 Å². The second kappa shape index (κ2) is 6.05. The Morgan fingerprint density at radius 3 is 2.44 bits per heavy atom. The van der Waals surface area contributed by atoms with Crippen molar-refractivity contribution >= 4 is 29.8 Å². The normalized spacial score (nSPS) is 23.9. The Morgan fingerprint density at radius 1 is 1.22 bits per heavy atom. The fourth-order valence-corrected chi connectivity index (χ4v) is 3.10. The van der Waals surface area contributed by atoms with Crippen LogP contribution in [0.1, 0.15) is 31.2 Å². The molecule has 0 aliphatic heterocycles. The third-order valence-electron chi connectivity index (χ3n) is 3.74. The van der Waals surface area contributed by atoms with Crippen molar-refractivity contribution in [1.82, 2.24) is 4.90 Å². The Kier molecular flexibility index (Phi) is 5.20. The smallest absolute Gasteiger partial charge is 0.157 e. The van der Waals surface area contributed by atoms with Gasteiger partial charge in [-0.15, -0.1) is 12.4 Å². The zero-order valence-electron chi connectivity index (χ0n) is 10.8. The van der Waals surface area contributed by atoms with E-state index in [0.29, 0.717) is 17.2 Å².